The molecule has 0 unspecified atom stereocenters. The summed E-state index contributed by atoms with van der Waals surface area (Å²) in [4.78, 5) is 27.2. The molecule has 0 spiro atoms. The SMILES string of the molecule is CCN1C(=O)CC[C@@H](C(=O)NC2CCCC2)[C@@H]1c1ccc(OC)cc1. The van der Waals surface area contributed by atoms with Gasteiger partial charge in [-0.25, -0.2) is 0 Å². The molecule has 25 heavy (non-hydrogen) atoms. The molecular formula is C20H28N2O3. The Bertz CT molecular complexity index is 608. The smallest absolute Gasteiger partial charge is 0.225 e. The van der Waals surface area contributed by atoms with Crippen molar-refractivity contribution in [2.24, 2.45) is 5.92 Å². The third kappa shape index (κ3) is 3.80. The predicted octanol–water partition coefficient (Wildman–Crippen LogP) is 3.05. The number of hydrogen-bond donors (Lipinski definition) is 1. The minimum atomic E-state index is -0.196. The van der Waals surface area contributed by atoms with Crippen LogP contribution in [0.4, 0.5) is 0 Å². The second-order valence-corrected chi connectivity index (χ2v) is 7.03. The van der Waals surface area contributed by atoms with Crippen LogP contribution in [0.5, 0.6) is 5.75 Å². The van der Waals surface area contributed by atoms with Gasteiger partial charge < -0.3 is 15.0 Å². The standard InChI is InChI=1S/C20H28N2O3/c1-3-22-18(23)13-12-17(20(24)21-15-6-4-5-7-15)19(22)14-8-10-16(25-2)11-9-14/h8-11,15,17,19H,3-7,12-13H2,1-2H3,(H,21,24)/t17-,19+/m1/s1. The fraction of sp³-hybridized carbons (Fsp3) is 0.600. The monoisotopic (exact) mass is 344 g/mol. The molecule has 1 aliphatic carbocycles. The second-order valence-electron chi connectivity index (χ2n) is 7.03. The lowest BCUT2D eigenvalue weighted by Gasteiger charge is -2.40. The van der Waals surface area contributed by atoms with Gasteiger partial charge in [0.1, 0.15) is 5.75 Å². The van der Waals surface area contributed by atoms with Crippen molar-refractivity contribution in [2.75, 3.05) is 13.7 Å². The van der Waals surface area contributed by atoms with Gasteiger partial charge in [-0.1, -0.05) is 25.0 Å². The number of amides is 2. The largest absolute Gasteiger partial charge is 0.497 e. The van der Waals surface area contributed by atoms with E-state index in [-0.39, 0.29) is 23.8 Å². The summed E-state index contributed by atoms with van der Waals surface area (Å²) in [5, 5.41) is 3.23. The van der Waals surface area contributed by atoms with Gasteiger partial charge >= 0.3 is 0 Å². The Morgan fingerprint density at radius 3 is 2.48 bits per heavy atom. The number of carbonyl (C=O) groups excluding carboxylic acids is 2. The number of carbonyl (C=O) groups is 2. The molecule has 2 aliphatic rings. The third-order valence-electron chi connectivity index (χ3n) is 5.54. The summed E-state index contributed by atoms with van der Waals surface area (Å²) in [6, 6.07) is 7.85. The Balaban J connectivity index is 1.84. The van der Waals surface area contributed by atoms with E-state index in [2.05, 4.69) is 5.32 Å². The lowest BCUT2D eigenvalue weighted by molar-refractivity contribution is -0.143. The number of likely N-dealkylation sites (tertiary alicyclic amines) is 1. The molecule has 2 amide bonds. The van der Waals surface area contributed by atoms with Gasteiger partial charge in [0, 0.05) is 19.0 Å². The van der Waals surface area contributed by atoms with Gasteiger partial charge in [0.2, 0.25) is 11.8 Å². The number of ether oxygens (including phenoxy) is 1. The quantitative estimate of drug-likeness (QED) is 0.893. The van der Waals surface area contributed by atoms with Crippen molar-refractivity contribution in [3.05, 3.63) is 29.8 Å². The van der Waals surface area contributed by atoms with Crippen molar-refractivity contribution in [1.29, 1.82) is 0 Å². The molecular weight excluding hydrogens is 316 g/mol. The molecule has 5 nitrogen and oxygen atoms in total. The fourth-order valence-electron chi connectivity index (χ4n) is 4.19. The average Bonchev–Trinajstić information content (AvgIpc) is 3.14. The maximum atomic E-state index is 13.0. The summed E-state index contributed by atoms with van der Waals surface area (Å²) in [6.07, 6.45) is 5.59. The fourth-order valence-corrected chi connectivity index (χ4v) is 4.19. The van der Waals surface area contributed by atoms with Crippen LogP contribution in [0.15, 0.2) is 24.3 Å². The highest BCUT2D eigenvalue weighted by Crippen LogP contribution is 2.37. The summed E-state index contributed by atoms with van der Waals surface area (Å²) in [5.74, 6) is 0.819. The molecule has 1 aliphatic heterocycles. The van der Waals surface area contributed by atoms with Crippen LogP contribution in [0.2, 0.25) is 0 Å². The molecule has 1 saturated carbocycles. The number of hydrogen-bond acceptors (Lipinski definition) is 3. The van der Waals surface area contributed by atoms with Crippen molar-refractivity contribution in [3.8, 4) is 5.75 Å². The Labute approximate surface area is 149 Å². The molecule has 1 heterocycles. The zero-order valence-corrected chi connectivity index (χ0v) is 15.2. The van der Waals surface area contributed by atoms with E-state index in [0.29, 0.717) is 25.4 Å². The zero-order chi connectivity index (χ0) is 17.8. The first-order valence-corrected chi connectivity index (χ1v) is 9.37. The molecule has 1 aromatic rings. The predicted molar refractivity (Wildman–Crippen MR) is 96.2 cm³/mol. The zero-order valence-electron chi connectivity index (χ0n) is 15.2. The van der Waals surface area contributed by atoms with Crippen LogP contribution < -0.4 is 10.1 Å². The molecule has 1 N–H and O–H groups in total. The number of nitrogens with zero attached hydrogens (tertiary/aromatic N) is 1. The minimum Gasteiger partial charge on any atom is -0.497 e. The number of benzene rings is 1. The van der Waals surface area contributed by atoms with Crippen molar-refractivity contribution < 1.29 is 14.3 Å². The van der Waals surface area contributed by atoms with E-state index in [1.54, 1.807) is 7.11 Å². The van der Waals surface area contributed by atoms with Gasteiger partial charge in [0.15, 0.2) is 0 Å². The first-order valence-electron chi connectivity index (χ1n) is 9.37. The molecule has 0 aromatic heterocycles. The van der Waals surface area contributed by atoms with E-state index in [0.717, 1.165) is 24.2 Å². The summed E-state index contributed by atoms with van der Waals surface area (Å²) in [7, 11) is 1.63. The van der Waals surface area contributed by atoms with Crippen LogP contribution in [-0.2, 0) is 9.59 Å². The number of methoxy groups -OCH3 is 1. The van der Waals surface area contributed by atoms with E-state index in [9.17, 15) is 9.59 Å². The van der Waals surface area contributed by atoms with Gasteiger partial charge in [-0.2, -0.15) is 0 Å². The molecule has 0 bridgehead atoms. The van der Waals surface area contributed by atoms with E-state index >= 15 is 0 Å². The topological polar surface area (TPSA) is 58.6 Å². The maximum Gasteiger partial charge on any atom is 0.225 e. The minimum absolute atomic E-state index is 0.0960. The van der Waals surface area contributed by atoms with Gasteiger partial charge in [-0.05, 0) is 43.9 Å². The van der Waals surface area contributed by atoms with Crippen molar-refractivity contribution in [3.63, 3.8) is 0 Å². The van der Waals surface area contributed by atoms with E-state index in [1.165, 1.54) is 12.8 Å². The highest BCUT2D eigenvalue weighted by atomic mass is 16.5. The van der Waals surface area contributed by atoms with E-state index < -0.39 is 0 Å². The van der Waals surface area contributed by atoms with Gasteiger partial charge in [-0.15, -0.1) is 0 Å². The molecule has 1 aromatic carbocycles. The lowest BCUT2D eigenvalue weighted by atomic mass is 9.83. The van der Waals surface area contributed by atoms with Crippen molar-refractivity contribution >= 4 is 11.8 Å². The molecule has 2 atom stereocenters. The van der Waals surface area contributed by atoms with Crippen LogP contribution >= 0.6 is 0 Å². The second kappa shape index (κ2) is 7.89. The Morgan fingerprint density at radius 1 is 1.20 bits per heavy atom. The molecule has 5 heteroatoms. The number of piperidine rings is 1. The van der Waals surface area contributed by atoms with Gasteiger partial charge in [0.25, 0.3) is 0 Å². The van der Waals surface area contributed by atoms with Crippen LogP contribution in [0, 0.1) is 5.92 Å². The molecule has 136 valence electrons. The van der Waals surface area contributed by atoms with Crippen LogP contribution in [0.25, 0.3) is 0 Å². The molecule has 3 rings (SSSR count). The van der Waals surface area contributed by atoms with Gasteiger partial charge in [-0.3, -0.25) is 9.59 Å². The summed E-state index contributed by atoms with van der Waals surface area (Å²) in [6.45, 7) is 2.59. The van der Waals surface area contributed by atoms with Crippen molar-refractivity contribution in [1.82, 2.24) is 10.2 Å². The third-order valence-corrected chi connectivity index (χ3v) is 5.54. The first kappa shape index (κ1) is 17.8. The summed E-state index contributed by atoms with van der Waals surface area (Å²) < 4.78 is 5.23. The first-order chi connectivity index (χ1) is 12.1. The lowest BCUT2D eigenvalue weighted by Crippen LogP contribution is -2.49. The van der Waals surface area contributed by atoms with Gasteiger partial charge in [0.05, 0.1) is 19.1 Å². The van der Waals surface area contributed by atoms with Crippen LogP contribution in [0.3, 0.4) is 0 Å². The Kier molecular flexibility index (Phi) is 5.61. The maximum absolute atomic E-state index is 13.0. The van der Waals surface area contributed by atoms with Crippen LogP contribution in [-0.4, -0.2) is 36.4 Å². The number of rotatable bonds is 5. The summed E-state index contributed by atoms with van der Waals surface area (Å²) in [5.41, 5.74) is 1.00. The average molecular weight is 344 g/mol. The number of nitrogens with one attached hydrogen (secondary N) is 1. The summed E-state index contributed by atoms with van der Waals surface area (Å²) >= 11 is 0. The highest BCUT2D eigenvalue weighted by Gasteiger charge is 2.40. The Morgan fingerprint density at radius 2 is 1.88 bits per heavy atom. The Hall–Kier alpha value is -2.04. The van der Waals surface area contributed by atoms with E-state index in [4.69, 9.17) is 4.74 Å². The van der Waals surface area contributed by atoms with E-state index in [1.807, 2.05) is 36.1 Å². The highest BCUT2D eigenvalue weighted by molar-refractivity contribution is 5.85. The van der Waals surface area contributed by atoms with Crippen molar-refractivity contribution in [2.45, 2.75) is 57.5 Å². The molecule has 1 saturated heterocycles. The van der Waals surface area contributed by atoms with Crippen LogP contribution in [0.1, 0.15) is 57.1 Å². The normalized spacial score (nSPS) is 24.4. The molecule has 2 fully saturated rings. The molecule has 0 radical (unpaired) electrons.